The van der Waals surface area contributed by atoms with Crippen molar-refractivity contribution in [3.8, 4) is 0 Å². The van der Waals surface area contributed by atoms with Gasteiger partial charge in [0.1, 0.15) is 6.17 Å². The molecule has 0 aromatic rings. The second-order valence-corrected chi connectivity index (χ2v) is 2.57. The Morgan fingerprint density at radius 2 is 2.08 bits per heavy atom. The summed E-state index contributed by atoms with van der Waals surface area (Å²) in [6.45, 7) is 0. The van der Waals surface area contributed by atoms with E-state index >= 15 is 0 Å². The maximum absolute atomic E-state index is 12.5. The van der Waals surface area contributed by atoms with Crippen LogP contribution in [0.1, 0.15) is 6.42 Å². The lowest BCUT2D eigenvalue weighted by Gasteiger charge is -2.04. The van der Waals surface area contributed by atoms with E-state index in [1.165, 1.54) is 0 Å². The fourth-order valence-electron chi connectivity index (χ4n) is 1.19. The maximum Gasteiger partial charge on any atom is 0.332 e. The molecule has 1 aliphatic carbocycles. The summed E-state index contributed by atoms with van der Waals surface area (Å²) in [4.78, 5) is 20.8. The summed E-state index contributed by atoms with van der Waals surface area (Å²) in [7, 11) is 0. The van der Waals surface area contributed by atoms with E-state index in [0.717, 1.165) is 6.08 Å². The van der Waals surface area contributed by atoms with Crippen LogP contribution < -0.4 is 0 Å². The van der Waals surface area contributed by atoms with Crippen LogP contribution in [0, 0.1) is 5.92 Å². The molecule has 1 unspecified atom stereocenters. The van der Waals surface area contributed by atoms with Gasteiger partial charge in [-0.25, -0.2) is 9.18 Å². The first-order valence-corrected chi connectivity index (χ1v) is 3.34. The molecule has 0 heterocycles. The summed E-state index contributed by atoms with van der Waals surface area (Å²) in [6.07, 6.45) is -0.866. The van der Waals surface area contributed by atoms with Crippen molar-refractivity contribution in [3.05, 3.63) is 11.6 Å². The van der Waals surface area contributed by atoms with E-state index < -0.39 is 24.0 Å². The first-order chi connectivity index (χ1) is 5.52. The fraction of sp³-hybridized carbons (Fsp3) is 0.429. The van der Waals surface area contributed by atoms with Crippen LogP contribution in [0.2, 0.25) is 0 Å². The van der Waals surface area contributed by atoms with E-state index in [1.54, 1.807) is 0 Å². The highest BCUT2D eigenvalue weighted by atomic mass is 19.1. The van der Waals surface area contributed by atoms with Gasteiger partial charge in [0, 0.05) is 0 Å². The SMILES string of the molecule is O=C(O)C1=CC(F)C[C@H]1C(=O)O. The number of aliphatic carboxylic acids is 2. The summed E-state index contributed by atoms with van der Waals surface area (Å²) in [5, 5.41) is 16.9. The van der Waals surface area contributed by atoms with Gasteiger partial charge in [-0.05, 0) is 12.5 Å². The summed E-state index contributed by atoms with van der Waals surface area (Å²) >= 11 is 0. The Hall–Kier alpha value is -1.39. The van der Waals surface area contributed by atoms with Crippen molar-refractivity contribution in [2.24, 2.45) is 5.92 Å². The lowest BCUT2D eigenvalue weighted by Crippen LogP contribution is -2.18. The number of hydrogen-bond donors (Lipinski definition) is 2. The molecule has 0 amide bonds. The molecule has 4 nitrogen and oxygen atoms in total. The average Bonchev–Trinajstić information content (AvgIpc) is 2.31. The van der Waals surface area contributed by atoms with Crippen molar-refractivity contribution in [2.75, 3.05) is 0 Å². The Labute approximate surface area is 67.3 Å². The first kappa shape index (κ1) is 8.70. The van der Waals surface area contributed by atoms with E-state index in [2.05, 4.69) is 0 Å². The Balaban J connectivity index is 2.87. The highest BCUT2D eigenvalue weighted by Gasteiger charge is 2.35. The predicted octanol–water partition coefficient (Wildman–Crippen LogP) is 0.440. The van der Waals surface area contributed by atoms with Crippen molar-refractivity contribution in [3.63, 3.8) is 0 Å². The van der Waals surface area contributed by atoms with Gasteiger partial charge in [-0.15, -0.1) is 0 Å². The Kier molecular flexibility index (Phi) is 2.12. The van der Waals surface area contributed by atoms with Crippen LogP contribution in [0.15, 0.2) is 11.6 Å². The normalized spacial score (nSPS) is 28.2. The fourth-order valence-corrected chi connectivity index (χ4v) is 1.19. The zero-order chi connectivity index (χ0) is 9.30. The highest BCUT2D eigenvalue weighted by Crippen LogP contribution is 2.28. The number of carbonyl (C=O) groups is 2. The Bertz CT molecular complexity index is 258. The predicted molar refractivity (Wildman–Crippen MR) is 36.4 cm³/mol. The second-order valence-electron chi connectivity index (χ2n) is 2.57. The molecule has 1 rings (SSSR count). The van der Waals surface area contributed by atoms with Crippen LogP contribution in [-0.4, -0.2) is 28.3 Å². The van der Waals surface area contributed by atoms with Gasteiger partial charge >= 0.3 is 11.9 Å². The number of allylic oxidation sites excluding steroid dienone is 1. The van der Waals surface area contributed by atoms with Gasteiger partial charge in [-0.3, -0.25) is 4.79 Å². The molecule has 12 heavy (non-hydrogen) atoms. The van der Waals surface area contributed by atoms with E-state index in [9.17, 15) is 14.0 Å². The van der Waals surface area contributed by atoms with Gasteiger partial charge in [-0.2, -0.15) is 0 Å². The molecule has 0 aromatic heterocycles. The molecule has 0 spiro atoms. The third-order valence-corrected chi connectivity index (χ3v) is 1.74. The van der Waals surface area contributed by atoms with Crippen molar-refractivity contribution in [1.82, 2.24) is 0 Å². The standard InChI is InChI=1S/C7H7FO4/c8-3-1-4(6(9)10)5(2-3)7(11)12/h1,3,5H,2H2,(H,9,10)(H,11,12)/t3?,5-/m1/s1. The minimum Gasteiger partial charge on any atom is -0.481 e. The Morgan fingerprint density at radius 1 is 1.50 bits per heavy atom. The van der Waals surface area contributed by atoms with Gasteiger partial charge in [-0.1, -0.05) is 0 Å². The smallest absolute Gasteiger partial charge is 0.332 e. The topological polar surface area (TPSA) is 74.6 Å². The zero-order valence-corrected chi connectivity index (χ0v) is 6.03. The van der Waals surface area contributed by atoms with Gasteiger partial charge in [0.05, 0.1) is 11.5 Å². The number of halogens is 1. The summed E-state index contributed by atoms with van der Waals surface area (Å²) in [5.74, 6) is -3.84. The van der Waals surface area contributed by atoms with Crippen molar-refractivity contribution >= 4 is 11.9 Å². The molecular weight excluding hydrogens is 167 g/mol. The van der Waals surface area contributed by atoms with Gasteiger partial charge in [0.15, 0.2) is 0 Å². The number of carboxylic acids is 2. The lowest BCUT2D eigenvalue weighted by molar-refractivity contribution is -0.143. The minimum absolute atomic E-state index is 0.267. The molecule has 0 bridgehead atoms. The summed E-state index contributed by atoms with van der Waals surface area (Å²) in [6, 6.07) is 0. The molecule has 0 fully saturated rings. The third-order valence-electron chi connectivity index (χ3n) is 1.74. The van der Waals surface area contributed by atoms with Crippen LogP contribution in [0.3, 0.4) is 0 Å². The molecular formula is C7H7FO4. The van der Waals surface area contributed by atoms with Crippen molar-refractivity contribution in [1.29, 1.82) is 0 Å². The molecule has 0 radical (unpaired) electrons. The molecule has 0 saturated carbocycles. The number of carboxylic acid groups (broad SMARTS) is 2. The summed E-state index contributed by atoms with van der Waals surface area (Å²) < 4.78 is 12.5. The quantitative estimate of drug-likeness (QED) is 0.636. The monoisotopic (exact) mass is 174 g/mol. The van der Waals surface area contributed by atoms with Crippen LogP contribution >= 0.6 is 0 Å². The van der Waals surface area contributed by atoms with E-state index in [1.807, 2.05) is 0 Å². The molecule has 0 aliphatic heterocycles. The van der Waals surface area contributed by atoms with Crippen molar-refractivity contribution < 1.29 is 24.2 Å². The first-order valence-electron chi connectivity index (χ1n) is 3.34. The maximum atomic E-state index is 12.5. The molecule has 66 valence electrons. The number of hydrogen-bond acceptors (Lipinski definition) is 2. The van der Waals surface area contributed by atoms with Crippen LogP contribution in [0.4, 0.5) is 4.39 Å². The van der Waals surface area contributed by atoms with Gasteiger partial charge in [0.2, 0.25) is 0 Å². The zero-order valence-electron chi connectivity index (χ0n) is 6.03. The third kappa shape index (κ3) is 1.44. The number of rotatable bonds is 2. The molecule has 0 saturated heterocycles. The van der Waals surface area contributed by atoms with E-state index in [0.29, 0.717) is 0 Å². The molecule has 2 N–H and O–H groups in total. The molecule has 2 atom stereocenters. The Morgan fingerprint density at radius 3 is 2.42 bits per heavy atom. The lowest BCUT2D eigenvalue weighted by atomic mass is 10.0. The molecule has 1 aliphatic rings. The largest absolute Gasteiger partial charge is 0.481 e. The second kappa shape index (κ2) is 2.92. The molecule has 0 aromatic carbocycles. The average molecular weight is 174 g/mol. The summed E-state index contributed by atoms with van der Waals surface area (Å²) in [5.41, 5.74) is -0.352. The van der Waals surface area contributed by atoms with Gasteiger partial charge < -0.3 is 10.2 Å². The van der Waals surface area contributed by atoms with Crippen LogP contribution in [-0.2, 0) is 9.59 Å². The molecule has 5 heteroatoms. The highest BCUT2D eigenvalue weighted by molar-refractivity contribution is 5.94. The van der Waals surface area contributed by atoms with E-state index in [4.69, 9.17) is 10.2 Å². The minimum atomic E-state index is -1.45. The van der Waals surface area contributed by atoms with Gasteiger partial charge in [0.25, 0.3) is 0 Å². The van der Waals surface area contributed by atoms with Crippen LogP contribution in [0.25, 0.3) is 0 Å². The number of alkyl halides is 1. The van der Waals surface area contributed by atoms with Crippen molar-refractivity contribution in [2.45, 2.75) is 12.6 Å². The van der Waals surface area contributed by atoms with E-state index in [-0.39, 0.29) is 12.0 Å². The van der Waals surface area contributed by atoms with Crippen LogP contribution in [0.5, 0.6) is 0 Å².